The van der Waals surface area contributed by atoms with Gasteiger partial charge in [-0.15, -0.1) is 0 Å². The standard InChI is InChI=1S/C30H38N2O5/c1-3-36-29(34)25(18-17-22-11-6-4-7-12-22)31-21(2)28(33)32-26-16-10-15-24(26)19-27(32)30(35)37-20-23-13-8-5-9-14-23/h4-9,11-14,21,24-27,31H,3,10,15-20H2,1-2H3/t21-,24+,25-,26-,27-/m1/s1. The number of hydrogen-bond donors (Lipinski definition) is 1. The molecule has 1 saturated carbocycles. The Morgan fingerprint density at radius 1 is 0.973 bits per heavy atom. The molecule has 0 spiro atoms. The Balaban J connectivity index is 1.43. The fraction of sp³-hybridized carbons (Fsp3) is 0.500. The van der Waals surface area contributed by atoms with Crippen LogP contribution in [0.1, 0.15) is 57.1 Å². The minimum Gasteiger partial charge on any atom is -0.465 e. The van der Waals surface area contributed by atoms with Gasteiger partial charge >= 0.3 is 11.9 Å². The van der Waals surface area contributed by atoms with Crippen molar-refractivity contribution in [3.8, 4) is 0 Å². The molecule has 0 aromatic heterocycles. The van der Waals surface area contributed by atoms with Crippen molar-refractivity contribution in [2.24, 2.45) is 5.92 Å². The van der Waals surface area contributed by atoms with Crippen LogP contribution in [0.5, 0.6) is 0 Å². The van der Waals surface area contributed by atoms with Crippen LogP contribution in [0.3, 0.4) is 0 Å². The van der Waals surface area contributed by atoms with Gasteiger partial charge in [0, 0.05) is 6.04 Å². The maximum absolute atomic E-state index is 13.8. The maximum Gasteiger partial charge on any atom is 0.329 e. The van der Waals surface area contributed by atoms with Crippen LogP contribution >= 0.6 is 0 Å². The summed E-state index contributed by atoms with van der Waals surface area (Å²) in [5.41, 5.74) is 2.03. The fourth-order valence-electron chi connectivity index (χ4n) is 5.71. The van der Waals surface area contributed by atoms with Crippen LogP contribution in [0.2, 0.25) is 0 Å². The first kappa shape index (κ1) is 26.9. The summed E-state index contributed by atoms with van der Waals surface area (Å²) in [5.74, 6) is -0.573. The molecule has 0 radical (unpaired) electrons. The third kappa shape index (κ3) is 6.77. The van der Waals surface area contributed by atoms with E-state index in [0.717, 1.165) is 30.4 Å². The van der Waals surface area contributed by atoms with E-state index < -0.39 is 18.1 Å². The molecule has 2 fully saturated rings. The second-order valence-electron chi connectivity index (χ2n) is 10.1. The zero-order valence-corrected chi connectivity index (χ0v) is 21.8. The van der Waals surface area contributed by atoms with Crippen molar-refractivity contribution in [3.05, 3.63) is 71.8 Å². The third-order valence-electron chi connectivity index (χ3n) is 7.55. The lowest BCUT2D eigenvalue weighted by Crippen LogP contribution is -2.55. The average molecular weight is 507 g/mol. The van der Waals surface area contributed by atoms with E-state index in [9.17, 15) is 14.4 Å². The lowest BCUT2D eigenvalue weighted by atomic mass is 10.0. The van der Waals surface area contributed by atoms with Gasteiger partial charge in [-0.3, -0.25) is 14.9 Å². The maximum atomic E-state index is 13.8. The molecule has 7 heteroatoms. The quantitative estimate of drug-likeness (QED) is 0.463. The molecular formula is C30H38N2O5. The number of likely N-dealkylation sites (tertiary alicyclic amines) is 1. The van der Waals surface area contributed by atoms with E-state index in [0.29, 0.717) is 25.2 Å². The number of hydrogen-bond acceptors (Lipinski definition) is 6. The zero-order valence-electron chi connectivity index (χ0n) is 21.8. The van der Waals surface area contributed by atoms with Gasteiger partial charge in [-0.1, -0.05) is 67.1 Å². The van der Waals surface area contributed by atoms with Gasteiger partial charge in [0.1, 0.15) is 18.7 Å². The monoisotopic (exact) mass is 506 g/mol. The van der Waals surface area contributed by atoms with Crippen molar-refractivity contribution in [3.63, 3.8) is 0 Å². The lowest BCUT2D eigenvalue weighted by Gasteiger charge is -2.32. The molecule has 1 saturated heterocycles. The van der Waals surface area contributed by atoms with E-state index in [1.165, 1.54) is 0 Å². The number of carbonyl (C=O) groups excluding carboxylic acids is 3. The van der Waals surface area contributed by atoms with Gasteiger partial charge in [0.25, 0.3) is 0 Å². The van der Waals surface area contributed by atoms with Gasteiger partial charge in [-0.05, 0) is 63.0 Å². The molecule has 0 unspecified atom stereocenters. The molecule has 0 bridgehead atoms. The predicted octanol–water partition coefficient (Wildman–Crippen LogP) is 4.04. The number of carbonyl (C=O) groups is 3. The Hall–Kier alpha value is -3.19. The molecule has 198 valence electrons. The van der Waals surface area contributed by atoms with Crippen molar-refractivity contribution < 1.29 is 23.9 Å². The van der Waals surface area contributed by atoms with Crippen molar-refractivity contribution in [2.45, 2.75) is 83.1 Å². The molecule has 7 nitrogen and oxygen atoms in total. The topological polar surface area (TPSA) is 84.9 Å². The average Bonchev–Trinajstić information content (AvgIpc) is 3.52. The summed E-state index contributed by atoms with van der Waals surface area (Å²) in [6, 6.07) is 17.7. The summed E-state index contributed by atoms with van der Waals surface area (Å²) in [5, 5.41) is 3.23. The van der Waals surface area contributed by atoms with Gasteiger partial charge in [0.15, 0.2) is 0 Å². The van der Waals surface area contributed by atoms with Crippen molar-refractivity contribution in [1.29, 1.82) is 0 Å². The van der Waals surface area contributed by atoms with E-state index in [4.69, 9.17) is 9.47 Å². The minimum absolute atomic E-state index is 0.0383. The third-order valence-corrected chi connectivity index (χ3v) is 7.55. The lowest BCUT2D eigenvalue weighted by molar-refractivity contribution is -0.156. The number of nitrogens with zero attached hydrogens (tertiary/aromatic N) is 1. The highest BCUT2D eigenvalue weighted by molar-refractivity contribution is 5.89. The number of benzene rings is 2. The first-order valence-electron chi connectivity index (χ1n) is 13.5. The number of nitrogens with one attached hydrogen (secondary N) is 1. The molecule has 4 rings (SSSR count). The molecule has 1 N–H and O–H groups in total. The number of amides is 1. The smallest absolute Gasteiger partial charge is 0.329 e. The van der Waals surface area contributed by atoms with Crippen molar-refractivity contribution >= 4 is 17.8 Å². The Labute approximate surface area is 219 Å². The fourth-order valence-corrected chi connectivity index (χ4v) is 5.71. The molecule has 5 atom stereocenters. The summed E-state index contributed by atoms with van der Waals surface area (Å²) in [4.78, 5) is 41.4. The van der Waals surface area contributed by atoms with E-state index in [-0.39, 0.29) is 37.1 Å². The Morgan fingerprint density at radius 3 is 2.32 bits per heavy atom. The van der Waals surface area contributed by atoms with Crippen LogP contribution in [0, 0.1) is 5.92 Å². The summed E-state index contributed by atoms with van der Waals surface area (Å²) in [7, 11) is 0. The van der Waals surface area contributed by atoms with Crippen LogP contribution in [-0.2, 0) is 36.9 Å². The molecular weight excluding hydrogens is 468 g/mol. The van der Waals surface area contributed by atoms with Gasteiger partial charge in [0.05, 0.1) is 12.6 Å². The molecule has 1 aliphatic carbocycles. The Morgan fingerprint density at radius 2 is 1.65 bits per heavy atom. The Bertz CT molecular complexity index is 1040. The summed E-state index contributed by atoms with van der Waals surface area (Å²) >= 11 is 0. The van der Waals surface area contributed by atoms with Crippen LogP contribution in [0.15, 0.2) is 60.7 Å². The van der Waals surface area contributed by atoms with Gasteiger partial charge < -0.3 is 14.4 Å². The highest BCUT2D eigenvalue weighted by Gasteiger charge is 2.50. The highest BCUT2D eigenvalue weighted by atomic mass is 16.5. The van der Waals surface area contributed by atoms with E-state index in [2.05, 4.69) is 5.32 Å². The minimum atomic E-state index is -0.644. The summed E-state index contributed by atoms with van der Waals surface area (Å²) < 4.78 is 10.9. The first-order valence-corrected chi connectivity index (χ1v) is 13.5. The number of rotatable bonds is 11. The first-order chi connectivity index (χ1) is 18.0. The van der Waals surface area contributed by atoms with Crippen LogP contribution in [-0.4, -0.2) is 53.5 Å². The van der Waals surface area contributed by atoms with Crippen LogP contribution in [0.25, 0.3) is 0 Å². The number of ether oxygens (including phenoxy) is 2. The van der Waals surface area contributed by atoms with E-state index in [1.54, 1.807) is 18.7 Å². The van der Waals surface area contributed by atoms with Gasteiger partial charge in [-0.2, -0.15) is 0 Å². The molecule has 1 heterocycles. The normalized spacial score (nSPS) is 22.2. The van der Waals surface area contributed by atoms with Gasteiger partial charge in [0.2, 0.25) is 5.91 Å². The molecule has 2 aromatic carbocycles. The zero-order chi connectivity index (χ0) is 26.2. The molecule has 37 heavy (non-hydrogen) atoms. The van der Waals surface area contributed by atoms with Crippen molar-refractivity contribution in [1.82, 2.24) is 10.2 Å². The van der Waals surface area contributed by atoms with Crippen molar-refractivity contribution in [2.75, 3.05) is 6.61 Å². The van der Waals surface area contributed by atoms with E-state index >= 15 is 0 Å². The second kappa shape index (κ2) is 12.9. The van der Waals surface area contributed by atoms with Crippen LogP contribution < -0.4 is 5.32 Å². The number of fused-ring (bicyclic) bond motifs is 1. The predicted molar refractivity (Wildman–Crippen MR) is 140 cm³/mol. The molecule has 1 amide bonds. The SMILES string of the molecule is CCOC(=O)[C@@H](CCc1ccccc1)N[C@H](C)C(=O)N1[C@@H](C(=O)OCc2ccccc2)C[C@@H]2CCC[C@H]21. The Kier molecular flexibility index (Phi) is 9.34. The van der Waals surface area contributed by atoms with Crippen LogP contribution in [0.4, 0.5) is 0 Å². The molecule has 2 aliphatic rings. The highest BCUT2D eigenvalue weighted by Crippen LogP contribution is 2.42. The number of aryl methyl sites for hydroxylation is 1. The van der Waals surface area contributed by atoms with E-state index in [1.807, 2.05) is 60.7 Å². The van der Waals surface area contributed by atoms with Gasteiger partial charge in [-0.25, -0.2) is 4.79 Å². The summed E-state index contributed by atoms with van der Waals surface area (Å²) in [6.07, 6.45) is 4.78. The largest absolute Gasteiger partial charge is 0.465 e. The molecule has 1 aliphatic heterocycles. The number of esters is 2. The summed E-state index contributed by atoms with van der Waals surface area (Å²) in [6.45, 7) is 4.00. The second-order valence-corrected chi connectivity index (χ2v) is 10.1. The molecule has 2 aromatic rings.